The molecular formula is C54H80F6NO11S-. The van der Waals surface area contributed by atoms with Crippen molar-refractivity contribution in [2.75, 3.05) is 20.8 Å². The number of halogens is 6. The second-order valence-electron chi connectivity index (χ2n) is 19.5. The smallest absolute Gasteiger partial charge is 0.432 e. The summed E-state index contributed by atoms with van der Waals surface area (Å²) < 4.78 is 151. The first-order valence-corrected chi connectivity index (χ1v) is 27.1. The van der Waals surface area contributed by atoms with Gasteiger partial charge in [0.05, 0.1) is 12.6 Å². The minimum absolute atomic E-state index is 0.127. The summed E-state index contributed by atoms with van der Waals surface area (Å²) in [6.45, 7) is 7.35. The molecule has 5 atom stereocenters. The third-order valence-electron chi connectivity index (χ3n) is 12.7. The summed E-state index contributed by atoms with van der Waals surface area (Å²) in [7, 11) is -4.35. The number of rotatable bonds is 38. The number of alkyl halides is 6. The zero-order chi connectivity index (χ0) is 54.6. The topological polar surface area (TPSA) is 167 Å². The summed E-state index contributed by atoms with van der Waals surface area (Å²) in [5, 5.41) is 2.27. The molecule has 0 saturated heterocycles. The van der Waals surface area contributed by atoms with E-state index in [9.17, 15) is 27.4 Å². The molecule has 1 amide bonds. The summed E-state index contributed by atoms with van der Waals surface area (Å²) >= 11 is 0. The maximum atomic E-state index is 15.1. The maximum Gasteiger partial charge on any atom is 0.432 e. The van der Waals surface area contributed by atoms with Crippen LogP contribution in [0.5, 0.6) is 0 Å². The first kappa shape index (κ1) is 65.1. The van der Waals surface area contributed by atoms with Crippen molar-refractivity contribution < 1.29 is 76.8 Å². The molecule has 73 heavy (non-hydrogen) atoms. The van der Waals surface area contributed by atoms with Crippen molar-refractivity contribution in [2.24, 2.45) is 11.8 Å². The molecule has 0 aliphatic rings. The summed E-state index contributed by atoms with van der Waals surface area (Å²) in [5.41, 5.74) is -8.90. The van der Waals surface area contributed by atoms with E-state index in [4.69, 9.17) is 18.9 Å². The van der Waals surface area contributed by atoms with Crippen molar-refractivity contribution in [3.63, 3.8) is 0 Å². The largest absolute Gasteiger partial charge is 0.726 e. The third-order valence-corrected chi connectivity index (χ3v) is 13.1. The Morgan fingerprint density at radius 2 is 0.945 bits per heavy atom. The number of methoxy groups -OCH3 is 2. The number of amides is 1. The second-order valence-corrected chi connectivity index (χ2v) is 20.5. The molecule has 0 aromatic heterocycles. The van der Waals surface area contributed by atoms with Crippen LogP contribution in [-0.2, 0) is 59.1 Å². The fraction of sp³-hybridized carbons (Fsp3) is 0.685. The van der Waals surface area contributed by atoms with Gasteiger partial charge in [-0.25, -0.2) is 18.0 Å². The van der Waals surface area contributed by atoms with Gasteiger partial charge in [0.2, 0.25) is 10.4 Å². The van der Waals surface area contributed by atoms with E-state index in [2.05, 4.69) is 37.2 Å². The van der Waals surface area contributed by atoms with Gasteiger partial charge in [-0.05, 0) is 43.6 Å². The van der Waals surface area contributed by atoms with Crippen molar-refractivity contribution in [3.8, 4) is 0 Å². The molecule has 416 valence electrons. The predicted octanol–water partition coefficient (Wildman–Crippen LogP) is 13.0. The zero-order valence-corrected chi connectivity index (χ0v) is 44.4. The Morgan fingerprint density at radius 3 is 1.32 bits per heavy atom. The van der Waals surface area contributed by atoms with Gasteiger partial charge >= 0.3 is 24.3 Å². The lowest BCUT2D eigenvalue weighted by Gasteiger charge is -2.35. The monoisotopic (exact) mass is 1060 g/mol. The van der Waals surface area contributed by atoms with Crippen molar-refractivity contribution in [3.05, 3.63) is 83.9 Å². The molecule has 1 N–H and O–H groups in total. The maximum absolute atomic E-state index is 15.1. The molecule has 0 saturated carbocycles. The van der Waals surface area contributed by atoms with Crippen LogP contribution >= 0.6 is 0 Å². The Labute approximate surface area is 430 Å². The molecule has 2 rings (SSSR count). The van der Waals surface area contributed by atoms with Gasteiger partial charge in [-0.1, -0.05) is 204 Å². The van der Waals surface area contributed by atoms with Crippen molar-refractivity contribution in [2.45, 2.75) is 204 Å². The van der Waals surface area contributed by atoms with Gasteiger partial charge in [-0.15, -0.1) is 0 Å². The third kappa shape index (κ3) is 22.4. The van der Waals surface area contributed by atoms with E-state index in [1.807, 2.05) is 0 Å². The molecule has 0 fully saturated rings. The SMILES string of the molecule is CO[C@@](C(=O)O[C@H](CCCCCCCCCCC(C)C)C(=O)N[C@@H](COS(=O)(=O)[O-])[C@@H](/C=C/CCCCCCCCCCCC(C)C)OC(=O)[C@](OC)(c1ccccc1)C(F)(F)F)(c1ccccc1)C(F)(F)F. The quantitative estimate of drug-likeness (QED) is 0.0170. The van der Waals surface area contributed by atoms with E-state index in [0.717, 1.165) is 107 Å². The number of hydrogen-bond acceptors (Lipinski definition) is 11. The fourth-order valence-electron chi connectivity index (χ4n) is 8.57. The van der Waals surface area contributed by atoms with Gasteiger partial charge in [0.1, 0.15) is 6.10 Å². The molecular weight excluding hydrogens is 985 g/mol. The first-order valence-electron chi connectivity index (χ1n) is 25.8. The van der Waals surface area contributed by atoms with Crippen LogP contribution in [0.25, 0.3) is 0 Å². The van der Waals surface area contributed by atoms with Gasteiger partial charge in [-0.3, -0.25) is 8.98 Å². The number of allylic oxidation sites excluding steroid dienone is 1. The molecule has 2 aromatic carbocycles. The van der Waals surface area contributed by atoms with Crippen LogP contribution in [0, 0.1) is 11.8 Å². The molecule has 2 aromatic rings. The normalized spacial score (nSPS) is 15.4. The molecule has 0 bridgehead atoms. The van der Waals surface area contributed by atoms with E-state index < -0.39 is 87.8 Å². The van der Waals surface area contributed by atoms with Crippen LogP contribution < -0.4 is 5.32 Å². The number of esters is 2. The van der Waals surface area contributed by atoms with Crippen LogP contribution in [0.1, 0.15) is 174 Å². The number of unbranched alkanes of at least 4 members (excludes halogenated alkanes) is 16. The highest BCUT2D eigenvalue weighted by Crippen LogP contribution is 2.45. The average Bonchev–Trinajstić information content (AvgIpc) is 3.31. The van der Waals surface area contributed by atoms with Gasteiger partial charge in [0.25, 0.3) is 17.1 Å². The summed E-state index contributed by atoms with van der Waals surface area (Å²) in [4.78, 5) is 42.4. The van der Waals surface area contributed by atoms with Gasteiger partial charge in [-0.2, -0.15) is 26.3 Å². The highest BCUT2D eigenvalue weighted by Gasteiger charge is 2.65. The Kier molecular flexibility index (Phi) is 29.5. The van der Waals surface area contributed by atoms with Crippen LogP contribution in [0.4, 0.5) is 26.3 Å². The summed E-state index contributed by atoms with van der Waals surface area (Å²) in [6.07, 6.45) is 4.56. The standard InChI is InChI=1S/C54H81F6NO11S/c1-41(2)32-24-18-14-10-8-7-9-11-16-20-30-38-46(71-49(63)51(68-5,53(55,56)57)43-34-26-22-27-35-43)45(40-70-73(65,66)67)61-48(62)47(39-31-21-17-13-12-15-19-25-33-42(3)4)72-50(64)52(69-6,54(58,59)60)44-36-28-23-29-37-44/h22-23,26-30,34-38,41-42,45-47H,7-21,24-25,31-33,39-40H2,1-6H3,(H,61,62)(H,65,66,67)/p-1/b38-30+/t45-,46+,47+,51+,52+/m0/s1. The lowest BCUT2D eigenvalue weighted by atomic mass is 9.92. The van der Waals surface area contributed by atoms with E-state index in [1.54, 1.807) is 0 Å². The van der Waals surface area contributed by atoms with Gasteiger partial charge < -0.3 is 28.8 Å². The van der Waals surface area contributed by atoms with Crippen LogP contribution in [0.3, 0.4) is 0 Å². The summed E-state index contributed by atoms with van der Waals surface area (Å²) in [5.74, 6) is -4.21. The minimum atomic E-state index is -5.61. The Hall–Kier alpha value is -4.04. The number of hydrogen-bond donors (Lipinski definition) is 1. The first-order chi connectivity index (χ1) is 34.5. The average molecular weight is 1070 g/mol. The molecule has 0 radical (unpaired) electrons. The van der Waals surface area contributed by atoms with Crippen LogP contribution in [0.2, 0.25) is 0 Å². The fourth-order valence-corrected chi connectivity index (χ4v) is 8.88. The number of carbonyl (C=O) groups is 3. The molecule has 0 aliphatic heterocycles. The summed E-state index contributed by atoms with van der Waals surface area (Å²) in [6, 6.07) is 9.54. The van der Waals surface area contributed by atoms with Crippen LogP contribution in [0.15, 0.2) is 72.8 Å². The Bertz CT molecular complexity index is 2000. The Balaban J connectivity index is 2.55. The lowest BCUT2D eigenvalue weighted by Crippen LogP contribution is -2.57. The van der Waals surface area contributed by atoms with Crippen molar-refractivity contribution in [1.82, 2.24) is 5.32 Å². The highest BCUT2D eigenvalue weighted by atomic mass is 32.3. The van der Waals surface area contributed by atoms with Crippen molar-refractivity contribution in [1.29, 1.82) is 0 Å². The van der Waals surface area contributed by atoms with Gasteiger partial charge in [0, 0.05) is 25.3 Å². The lowest BCUT2D eigenvalue weighted by molar-refractivity contribution is -0.278. The number of carbonyl (C=O) groups excluding carboxylic acids is 3. The highest BCUT2D eigenvalue weighted by molar-refractivity contribution is 7.80. The molecule has 0 aliphatic carbocycles. The molecule has 0 heterocycles. The van der Waals surface area contributed by atoms with Crippen LogP contribution in [-0.4, -0.2) is 82.2 Å². The number of benzene rings is 2. The molecule has 0 unspecified atom stereocenters. The van der Waals surface area contributed by atoms with E-state index in [0.29, 0.717) is 45.3 Å². The van der Waals surface area contributed by atoms with E-state index in [1.165, 1.54) is 61.7 Å². The second kappa shape index (κ2) is 33.1. The molecule has 19 heteroatoms. The van der Waals surface area contributed by atoms with Crippen molar-refractivity contribution >= 4 is 28.2 Å². The van der Waals surface area contributed by atoms with E-state index in [-0.39, 0.29) is 19.3 Å². The minimum Gasteiger partial charge on any atom is -0.726 e. The molecule has 12 nitrogen and oxygen atoms in total. The predicted molar refractivity (Wildman–Crippen MR) is 265 cm³/mol. The number of nitrogens with one attached hydrogen (secondary N) is 1. The number of ether oxygens (including phenoxy) is 4. The molecule has 0 spiro atoms. The Morgan fingerprint density at radius 1 is 0.575 bits per heavy atom. The van der Waals surface area contributed by atoms with Gasteiger partial charge in [0.15, 0.2) is 6.10 Å². The van der Waals surface area contributed by atoms with E-state index >= 15 is 26.3 Å². The zero-order valence-electron chi connectivity index (χ0n) is 43.5.